The molecule has 0 radical (unpaired) electrons. The third kappa shape index (κ3) is 5.67. The number of rotatable bonds is 7. The van der Waals surface area contributed by atoms with Gasteiger partial charge in [-0.15, -0.1) is 0 Å². The molecule has 0 spiro atoms. The summed E-state index contributed by atoms with van der Waals surface area (Å²) in [6.07, 6.45) is -6.39. The number of aryl methyl sites for hydroxylation is 1. The van der Waals surface area contributed by atoms with Gasteiger partial charge in [0.15, 0.2) is 0 Å². The van der Waals surface area contributed by atoms with E-state index in [9.17, 15) is 35.2 Å². The lowest BCUT2D eigenvalue weighted by Crippen LogP contribution is -2.45. The number of hydrogen-bond donors (Lipinski definition) is 0. The van der Waals surface area contributed by atoms with Gasteiger partial charge in [0.25, 0.3) is 10.0 Å². The Hall–Kier alpha value is -3.18. The minimum atomic E-state index is -4.75. The number of halogens is 6. The number of hydrogen-bond acceptors (Lipinski definition) is 4. The van der Waals surface area contributed by atoms with E-state index in [1.165, 1.54) is 30.3 Å². The van der Waals surface area contributed by atoms with Crippen molar-refractivity contribution < 1.29 is 39.9 Å². The van der Waals surface area contributed by atoms with Crippen LogP contribution in [-0.4, -0.2) is 33.0 Å². The highest BCUT2D eigenvalue weighted by atomic mass is 35.5. The number of ether oxygens (including phenoxy) is 1. The molecular formula is C28H25ClF5NO4S. The molecule has 12 heteroatoms. The molecular weight excluding hydrogens is 577 g/mol. The summed E-state index contributed by atoms with van der Waals surface area (Å²) in [7, 11) is -4.24. The third-order valence-electron chi connectivity index (χ3n) is 6.87. The zero-order valence-corrected chi connectivity index (χ0v) is 23.2. The first-order chi connectivity index (χ1) is 18.5. The monoisotopic (exact) mass is 601 g/mol. The molecule has 0 bridgehead atoms. The molecule has 0 amide bonds. The van der Waals surface area contributed by atoms with Crippen molar-refractivity contribution in [3.8, 4) is 16.9 Å². The number of nitrogens with zero attached hydrogens (tertiary/aromatic N) is 1. The average molecular weight is 602 g/mol. The van der Waals surface area contributed by atoms with E-state index in [0.717, 1.165) is 24.2 Å². The van der Waals surface area contributed by atoms with E-state index in [-0.39, 0.29) is 45.4 Å². The van der Waals surface area contributed by atoms with Gasteiger partial charge in [0.1, 0.15) is 34.7 Å². The van der Waals surface area contributed by atoms with Crippen LogP contribution in [0.1, 0.15) is 32.3 Å². The molecule has 0 saturated carbocycles. The number of Topliss-reactive ketones (excluding diaryl/α,β-unsaturated/α-hetero) is 1. The van der Waals surface area contributed by atoms with Gasteiger partial charge in [-0.05, 0) is 68.7 Å². The number of alkyl halides is 3. The van der Waals surface area contributed by atoms with Crippen LogP contribution < -0.4 is 9.04 Å². The Morgan fingerprint density at radius 3 is 2.42 bits per heavy atom. The van der Waals surface area contributed by atoms with Crippen molar-refractivity contribution in [2.45, 2.75) is 50.8 Å². The van der Waals surface area contributed by atoms with Crippen molar-refractivity contribution in [1.82, 2.24) is 0 Å². The van der Waals surface area contributed by atoms with Crippen LogP contribution >= 0.6 is 11.6 Å². The second-order valence-electron chi connectivity index (χ2n) is 10.1. The lowest BCUT2D eigenvalue weighted by atomic mass is 9.84. The SMILES string of the molecule is Cc1cccc(S(=O)(=O)N2C[C@H](CCC(=O)C(C)(C)C(F)(F)F)Oc3ccc(-c4cc(F)cc(F)c4Cl)cc32)c1. The molecule has 1 aliphatic rings. The molecule has 0 fully saturated rings. The van der Waals surface area contributed by atoms with Gasteiger partial charge < -0.3 is 4.74 Å². The number of anilines is 1. The fraction of sp³-hybridized carbons (Fsp3) is 0.321. The second kappa shape index (κ2) is 10.7. The van der Waals surface area contributed by atoms with Gasteiger partial charge in [-0.1, -0.05) is 29.8 Å². The fourth-order valence-electron chi connectivity index (χ4n) is 4.29. The second-order valence-corrected chi connectivity index (χ2v) is 12.3. The van der Waals surface area contributed by atoms with Crippen LogP contribution in [0.5, 0.6) is 5.75 Å². The summed E-state index contributed by atoms with van der Waals surface area (Å²) in [6.45, 7) is 2.98. The summed E-state index contributed by atoms with van der Waals surface area (Å²) in [5, 5.41) is -0.366. The maximum Gasteiger partial charge on any atom is 0.400 e. The van der Waals surface area contributed by atoms with Gasteiger partial charge in [-0.2, -0.15) is 13.2 Å². The van der Waals surface area contributed by atoms with E-state index in [0.29, 0.717) is 11.6 Å². The van der Waals surface area contributed by atoms with Crippen molar-refractivity contribution in [2.24, 2.45) is 5.41 Å². The van der Waals surface area contributed by atoms with Crippen molar-refractivity contribution in [3.05, 3.63) is 76.8 Å². The first-order valence-electron chi connectivity index (χ1n) is 12.2. The molecule has 0 unspecified atom stereocenters. The summed E-state index contributed by atoms with van der Waals surface area (Å²) >= 11 is 6.07. The largest absolute Gasteiger partial charge is 0.486 e. The minimum absolute atomic E-state index is 0.0167. The van der Waals surface area contributed by atoms with E-state index >= 15 is 0 Å². The Bertz CT molecular complexity index is 1570. The molecule has 0 aliphatic carbocycles. The fourth-order valence-corrected chi connectivity index (χ4v) is 6.11. The standard InChI is InChI=1S/C28H25ClF5NO4S/c1-16-5-4-6-20(11-16)40(37,38)35-15-19(8-10-25(36)27(2,3)28(32,33)34)39-24-9-7-17(12-23(24)35)21-13-18(30)14-22(31)26(21)29/h4-7,9,11-14,19H,8,10,15H2,1-3H3/t19-/m0/s1. The summed E-state index contributed by atoms with van der Waals surface area (Å²) in [4.78, 5) is 12.4. The van der Waals surface area contributed by atoms with Gasteiger partial charge in [-0.3, -0.25) is 9.10 Å². The number of benzene rings is 3. The van der Waals surface area contributed by atoms with Crippen LogP contribution in [0.4, 0.5) is 27.6 Å². The molecule has 1 atom stereocenters. The quantitative estimate of drug-likeness (QED) is 0.208. The Kier molecular flexibility index (Phi) is 7.94. The molecule has 0 N–H and O–H groups in total. The normalized spacial score (nSPS) is 15.9. The summed E-state index contributed by atoms with van der Waals surface area (Å²) < 4.78 is 103. The zero-order chi connectivity index (χ0) is 29.6. The summed E-state index contributed by atoms with van der Waals surface area (Å²) in [6, 6.07) is 11.9. The van der Waals surface area contributed by atoms with E-state index in [2.05, 4.69) is 0 Å². The van der Waals surface area contributed by atoms with Crippen LogP contribution in [0.15, 0.2) is 59.5 Å². The Balaban J connectivity index is 1.75. The molecule has 214 valence electrons. The molecule has 1 aliphatic heterocycles. The van der Waals surface area contributed by atoms with Crippen LogP contribution in [0.2, 0.25) is 5.02 Å². The smallest absolute Gasteiger partial charge is 0.400 e. The molecule has 3 aromatic rings. The number of ketones is 1. The molecule has 5 nitrogen and oxygen atoms in total. The molecule has 1 heterocycles. The number of fused-ring (bicyclic) bond motifs is 1. The van der Waals surface area contributed by atoms with E-state index in [1.54, 1.807) is 19.1 Å². The summed E-state index contributed by atoms with van der Waals surface area (Å²) in [5.41, 5.74) is -1.69. The third-order valence-corrected chi connectivity index (χ3v) is 9.03. The molecule has 4 rings (SSSR count). The van der Waals surface area contributed by atoms with Crippen LogP contribution in [0, 0.1) is 24.0 Å². The minimum Gasteiger partial charge on any atom is -0.486 e. The van der Waals surface area contributed by atoms with E-state index in [4.69, 9.17) is 16.3 Å². The zero-order valence-electron chi connectivity index (χ0n) is 21.7. The Morgan fingerprint density at radius 1 is 1.07 bits per heavy atom. The number of sulfonamides is 1. The van der Waals surface area contributed by atoms with Crippen molar-refractivity contribution in [3.63, 3.8) is 0 Å². The topological polar surface area (TPSA) is 63.7 Å². The van der Waals surface area contributed by atoms with E-state index < -0.39 is 51.6 Å². The molecule has 0 aromatic heterocycles. The van der Waals surface area contributed by atoms with Gasteiger partial charge in [-0.25, -0.2) is 17.2 Å². The van der Waals surface area contributed by atoms with Gasteiger partial charge in [0.05, 0.1) is 22.2 Å². The van der Waals surface area contributed by atoms with Crippen LogP contribution in [0.25, 0.3) is 11.1 Å². The maximum absolute atomic E-state index is 14.1. The predicted molar refractivity (Wildman–Crippen MR) is 141 cm³/mol. The number of carbonyl (C=O) groups is 1. The van der Waals surface area contributed by atoms with Gasteiger partial charge in [0.2, 0.25) is 0 Å². The number of carbonyl (C=O) groups excluding carboxylic acids is 1. The average Bonchev–Trinajstić information content (AvgIpc) is 2.87. The lowest BCUT2D eigenvalue weighted by molar-refractivity contribution is -0.210. The lowest BCUT2D eigenvalue weighted by Gasteiger charge is -2.36. The van der Waals surface area contributed by atoms with Crippen LogP contribution in [0.3, 0.4) is 0 Å². The highest BCUT2D eigenvalue weighted by molar-refractivity contribution is 7.92. The van der Waals surface area contributed by atoms with Gasteiger partial charge in [0, 0.05) is 18.1 Å². The van der Waals surface area contributed by atoms with Crippen molar-refractivity contribution in [1.29, 1.82) is 0 Å². The first kappa shape index (κ1) is 29.8. The molecule has 3 aromatic carbocycles. The Labute approximate surface area is 233 Å². The van der Waals surface area contributed by atoms with Crippen LogP contribution in [-0.2, 0) is 14.8 Å². The predicted octanol–water partition coefficient (Wildman–Crippen LogP) is 7.49. The first-order valence-corrected chi connectivity index (χ1v) is 14.0. The summed E-state index contributed by atoms with van der Waals surface area (Å²) in [5.74, 6) is -2.88. The van der Waals surface area contributed by atoms with Gasteiger partial charge >= 0.3 is 6.18 Å². The molecule has 40 heavy (non-hydrogen) atoms. The highest BCUT2D eigenvalue weighted by Gasteiger charge is 2.52. The van der Waals surface area contributed by atoms with Crippen molar-refractivity contribution >= 4 is 33.1 Å². The van der Waals surface area contributed by atoms with Crippen molar-refractivity contribution in [2.75, 3.05) is 10.8 Å². The maximum atomic E-state index is 14.1. The molecule has 0 saturated heterocycles. The highest BCUT2D eigenvalue weighted by Crippen LogP contribution is 2.43. The van der Waals surface area contributed by atoms with E-state index in [1.807, 2.05) is 0 Å². The Morgan fingerprint density at radius 2 is 1.77 bits per heavy atom.